The Morgan fingerprint density at radius 1 is 1.31 bits per heavy atom. The van der Waals surface area contributed by atoms with Gasteiger partial charge >= 0.3 is 0 Å². The van der Waals surface area contributed by atoms with Crippen LogP contribution in [0.1, 0.15) is 24.0 Å². The number of hydrogen-bond donors (Lipinski definition) is 2. The fourth-order valence-corrected chi connectivity index (χ4v) is 2.47. The van der Waals surface area contributed by atoms with E-state index in [1.807, 2.05) is 25.1 Å². The zero-order valence-corrected chi connectivity index (χ0v) is 10.0. The van der Waals surface area contributed by atoms with E-state index in [-0.39, 0.29) is 0 Å². The molecule has 1 aromatic carbocycles. The zero-order valence-electron chi connectivity index (χ0n) is 10.0. The van der Waals surface area contributed by atoms with Gasteiger partial charge in [-0.1, -0.05) is 6.07 Å². The minimum atomic E-state index is -0.662. The fraction of sp³-hybridized carbons (Fsp3) is 0.538. The summed E-state index contributed by atoms with van der Waals surface area (Å²) in [5.74, 6) is 0. The molecule has 3 nitrogen and oxygen atoms in total. The molecule has 1 aliphatic rings. The Bertz CT molecular complexity index is 382. The molecule has 2 rings (SSSR count). The van der Waals surface area contributed by atoms with Crippen molar-refractivity contribution in [3.8, 4) is 0 Å². The van der Waals surface area contributed by atoms with E-state index >= 15 is 0 Å². The van der Waals surface area contributed by atoms with Crippen LogP contribution in [0.15, 0.2) is 18.2 Å². The maximum atomic E-state index is 10.7. The molecule has 0 saturated carbocycles. The average Bonchev–Trinajstić information content (AvgIpc) is 2.22. The topological polar surface area (TPSA) is 49.5 Å². The Balaban J connectivity index is 2.29. The number of aryl methyl sites for hydroxylation is 1. The van der Waals surface area contributed by atoms with Gasteiger partial charge in [0.15, 0.2) is 0 Å². The van der Waals surface area contributed by atoms with E-state index in [1.165, 1.54) is 0 Å². The summed E-state index contributed by atoms with van der Waals surface area (Å²) in [6, 6.07) is 5.78. The molecule has 1 aromatic rings. The van der Waals surface area contributed by atoms with Crippen molar-refractivity contribution in [3.05, 3.63) is 29.3 Å². The third kappa shape index (κ3) is 2.06. The first-order valence-electron chi connectivity index (χ1n) is 5.79. The summed E-state index contributed by atoms with van der Waals surface area (Å²) in [4.78, 5) is 2.25. The Labute approximate surface area is 96.9 Å². The molecule has 0 aliphatic carbocycles. The number of likely N-dealkylation sites (tertiary alicyclic amines) is 1. The molecule has 88 valence electrons. The van der Waals surface area contributed by atoms with Crippen LogP contribution in [0.4, 0.5) is 5.69 Å². The molecule has 16 heavy (non-hydrogen) atoms. The third-order valence-corrected chi connectivity index (χ3v) is 3.57. The molecule has 0 atom stereocenters. The molecule has 1 fully saturated rings. The molecular weight excluding hydrogens is 200 g/mol. The Morgan fingerprint density at radius 3 is 2.50 bits per heavy atom. The highest BCUT2D eigenvalue weighted by molar-refractivity contribution is 5.46. The van der Waals surface area contributed by atoms with Crippen LogP contribution in [0.25, 0.3) is 0 Å². The summed E-state index contributed by atoms with van der Waals surface area (Å²) in [6.07, 6.45) is 1.60. The second-order valence-electron chi connectivity index (χ2n) is 4.91. The molecule has 3 heteroatoms. The van der Waals surface area contributed by atoms with Crippen LogP contribution in [0, 0.1) is 6.92 Å². The van der Waals surface area contributed by atoms with Crippen molar-refractivity contribution in [2.75, 3.05) is 25.9 Å². The number of piperidine rings is 1. The van der Waals surface area contributed by atoms with E-state index in [1.54, 1.807) is 0 Å². The monoisotopic (exact) mass is 220 g/mol. The van der Waals surface area contributed by atoms with Gasteiger partial charge < -0.3 is 15.7 Å². The van der Waals surface area contributed by atoms with Gasteiger partial charge in [-0.3, -0.25) is 0 Å². The quantitative estimate of drug-likeness (QED) is 0.705. The number of nitrogens with zero attached hydrogens (tertiary/aromatic N) is 1. The summed E-state index contributed by atoms with van der Waals surface area (Å²) in [7, 11) is 2.09. The number of anilines is 1. The molecule has 0 aromatic heterocycles. The second-order valence-corrected chi connectivity index (χ2v) is 4.91. The molecule has 3 N–H and O–H groups in total. The lowest BCUT2D eigenvalue weighted by Crippen LogP contribution is -2.41. The van der Waals surface area contributed by atoms with E-state index in [4.69, 9.17) is 5.73 Å². The lowest BCUT2D eigenvalue weighted by Gasteiger charge is -2.37. The molecule has 0 radical (unpaired) electrons. The smallest absolute Gasteiger partial charge is 0.0923 e. The number of aliphatic hydroxyl groups is 1. The van der Waals surface area contributed by atoms with Crippen LogP contribution >= 0.6 is 0 Å². The van der Waals surface area contributed by atoms with E-state index in [2.05, 4.69) is 11.9 Å². The minimum Gasteiger partial charge on any atom is -0.399 e. The van der Waals surface area contributed by atoms with Crippen molar-refractivity contribution in [1.82, 2.24) is 4.90 Å². The molecule has 0 amide bonds. The summed E-state index contributed by atoms with van der Waals surface area (Å²) >= 11 is 0. The number of nitrogens with two attached hydrogens (primary N) is 1. The Hall–Kier alpha value is -1.06. The first-order chi connectivity index (χ1) is 7.51. The normalized spacial score (nSPS) is 20.9. The molecule has 0 bridgehead atoms. The highest BCUT2D eigenvalue weighted by Crippen LogP contribution is 2.34. The van der Waals surface area contributed by atoms with Crippen LogP contribution in [-0.2, 0) is 5.60 Å². The standard InChI is InChI=1S/C13H20N2O/c1-10-9-11(14)3-4-12(10)13(16)5-7-15(2)8-6-13/h3-4,9,16H,5-8,14H2,1-2H3. The first kappa shape index (κ1) is 11.4. The van der Waals surface area contributed by atoms with Crippen LogP contribution < -0.4 is 5.73 Å². The average molecular weight is 220 g/mol. The lowest BCUT2D eigenvalue weighted by atomic mass is 9.82. The zero-order chi connectivity index (χ0) is 11.8. The number of rotatable bonds is 1. The predicted octanol–water partition coefficient (Wildman–Crippen LogP) is 1.49. The van der Waals surface area contributed by atoms with E-state index in [9.17, 15) is 5.11 Å². The van der Waals surface area contributed by atoms with E-state index in [0.29, 0.717) is 0 Å². The van der Waals surface area contributed by atoms with E-state index < -0.39 is 5.60 Å². The number of benzene rings is 1. The lowest BCUT2D eigenvalue weighted by molar-refractivity contribution is -0.0207. The van der Waals surface area contributed by atoms with Gasteiger partial charge in [-0.25, -0.2) is 0 Å². The maximum Gasteiger partial charge on any atom is 0.0923 e. The van der Waals surface area contributed by atoms with Crippen molar-refractivity contribution in [2.45, 2.75) is 25.4 Å². The van der Waals surface area contributed by atoms with Crippen LogP contribution in [0.3, 0.4) is 0 Å². The van der Waals surface area contributed by atoms with Crippen molar-refractivity contribution in [1.29, 1.82) is 0 Å². The number of hydrogen-bond acceptors (Lipinski definition) is 3. The van der Waals surface area contributed by atoms with Gasteiger partial charge in [0.05, 0.1) is 5.60 Å². The van der Waals surface area contributed by atoms with Gasteiger partial charge in [0.2, 0.25) is 0 Å². The Kier molecular flexibility index (Phi) is 2.91. The highest BCUT2D eigenvalue weighted by atomic mass is 16.3. The SMILES string of the molecule is Cc1cc(N)ccc1C1(O)CCN(C)CC1. The van der Waals surface area contributed by atoms with Crippen LogP contribution in [-0.4, -0.2) is 30.1 Å². The van der Waals surface area contributed by atoms with Gasteiger partial charge in [0.1, 0.15) is 0 Å². The minimum absolute atomic E-state index is 0.662. The van der Waals surface area contributed by atoms with Gasteiger partial charge in [0, 0.05) is 18.8 Å². The highest BCUT2D eigenvalue weighted by Gasteiger charge is 2.33. The third-order valence-electron chi connectivity index (χ3n) is 3.57. The fourth-order valence-electron chi connectivity index (χ4n) is 2.47. The molecule has 1 saturated heterocycles. The number of nitrogen functional groups attached to an aromatic ring is 1. The summed E-state index contributed by atoms with van der Waals surface area (Å²) in [6.45, 7) is 3.91. The first-order valence-corrected chi connectivity index (χ1v) is 5.79. The molecule has 1 heterocycles. The molecule has 1 aliphatic heterocycles. The summed E-state index contributed by atoms with van der Waals surface area (Å²) < 4.78 is 0. The van der Waals surface area contributed by atoms with Gasteiger partial charge in [-0.15, -0.1) is 0 Å². The van der Waals surface area contributed by atoms with Gasteiger partial charge in [-0.2, -0.15) is 0 Å². The van der Waals surface area contributed by atoms with Gasteiger partial charge in [-0.05, 0) is 50.1 Å². The van der Waals surface area contributed by atoms with Crippen molar-refractivity contribution < 1.29 is 5.11 Å². The Morgan fingerprint density at radius 2 is 1.94 bits per heavy atom. The van der Waals surface area contributed by atoms with Gasteiger partial charge in [0.25, 0.3) is 0 Å². The predicted molar refractivity (Wildman–Crippen MR) is 66.2 cm³/mol. The van der Waals surface area contributed by atoms with Crippen LogP contribution in [0.2, 0.25) is 0 Å². The van der Waals surface area contributed by atoms with E-state index in [0.717, 1.165) is 42.7 Å². The van der Waals surface area contributed by atoms with Crippen molar-refractivity contribution in [2.24, 2.45) is 0 Å². The molecule has 0 unspecified atom stereocenters. The maximum absolute atomic E-state index is 10.7. The second kappa shape index (κ2) is 4.07. The molecule has 0 spiro atoms. The summed E-state index contributed by atoms with van der Waals surface area (Å²) in [5, 5.41) is 10.7. The largest absolute Gasteiger partial charge is 0.399 e. The molecular formula is C13H20N2O. The van der Waals surface area contributed by atoms with Crippen molar-refractivity contribution >= 4 is 5.69 Å². The summed E-state index contributed by atoms with van der Waals surface area (Å²) in [5.41, 5.74) is 7.96. The van der Waals surface area contributed by atoms with Crippen molar-refractivity contribution in [3.63, 3.8) is 0 Å². The van der Waals surface area contributed by atoms with Crippen LogP contribution in [0.5, 0.6) is 0 Å².